The number of hydrogen-bond acceptors (Lipinski definition) is 3. The van der Waals surface area contributed by atoms with Crippen molar-refractivity contribution >= 4 is 11.6 Å². The van der Waals surface area contributed by atoms with E-state index in [1.807, 2.05) is 13.8 Å². The Hall–Kier alpha value is -1.91. The largest absolute Gasteiger partial charge is 0.352 e. The zero-order valence-electron chi connectivity index (χ0n) is 10.2. The van der Waals surface area contributed by atoms with Crippen LogP contribution in [0.3, 0.4) is 0 Å². The fourth-order valence-electron chi connectivity index (χ4n) is 1.35. The predicted molar refractivity (Wildman–Crippen MR) is 65.0 cm³/mol. The van der Waals surface area contributed by atoms with Crippen molar-refractivity contribution in [1.82, 2.24) is 5.32 Å². The summed E-state index contributed by atoms with van der Waals surface area (Å²) in [5.74, 6) is 0.0705. The van der Waals surface area contributed by atoms with E-state index in [1.165, 1.54) is 6.07 Å². The summed E-state index contributed by atoms with van der Waals surface area (Å²) in [6, 6.07) is 4.49. The number of nitrogens with zero attached hydrogens (tertiary/aromatic N) is 1. The lowest BCUT2D eigenvalue weighted by Crippen LogP contribution is -2.27. The SMILES string of the molecule is Cc1ccc(C(=O)NCC(C)C)cc1[N+](=O)[O-]. The molecule has 1 N–H and O–H groups in total. The quantitative estimate of drug-likeness (QED) is 0.644. The number of nitro benzene ring substituents is 1. The van der Waals surface area contributed by atoms with Crippen LogP contribution in [-0.4, -0.2) is 17.4 Å². The number of carbonyl (C=O) groups is 1. The van der Waals surface area contributed by atoms with Crippen molar-refractivity contribution in [2.75, 3.05) is 6.54 Å². The van der Waals surface area contributed by atoms with Crippen LogP contribution in [0.25, 0.3) is 0 Å². The Kier molecular flexibility index (Phi) is 4.20. The van der Waals surface area contributed by atoms with E-state index >= 15 is 0 Å². The van der Waals surface area contributed by atoms with Crippen LogP contribution in [-0.2, 0) is 0 Å². The molecular formula is C12H16N2O3. The maximum absolute atomic E-state index is 11.7. The number of amides is 1. The maximum atomic E-state index is 11.7. The van der Waals surface area contributed by atoms with Gasteiger partial charge in [0.05, 0.1) is 4.92 Å². The molecule has 0 aliphatic rings. The lowest BCUT2D eigenvalue weighted by Gasteiger charge is -2.07. The monoisotopic (exact) mass is 236 g/mol. The summed E-state index contributed by atoms with van der Waals surface area (Å²) in [4.78, 5) is 22.0. The van der Waals surface area contributed by atoms with Crippen molar-refractivity contribution < 1.29 is 9.72 Å². The smallest absolute Gasteiger partial charge is 0.273 e. The molecule has 0 fully saturated rings. The molecular weight excluding hydrogens is 220 g/mol. The van der Waals surface area contributed by atoms with Crippen LogP contribution in [0.15, 0.2) is 18.2 Å². The van der Waals surface area contributed by atoms with Crippen molar-refractivity contribution in [3.8, 4) is 0 Å². The Bertz CT molecular complexity index is 441. The van der Waals surface area contributed by atoms with Gasteiger partial charge in [-0.05, 0) is 18.9 Å². The zero-order chi connectivity index (χ0) is 13.0. The maximum Gasteiger partial charge on any atom is 0.273 e. The first-order valence-corrected chi connectivity index (χ1v) is 5.45. The molecule has 0 aliphatic heterocycles. The number of benzene rings is 1. The van der Waals surface area contributed by atoms with E-state index in [2.05, 4.69) is 5.32 Å². The molecule has 0 heterocycles. The van der Waals surface area contributed by atoms with E-state index in [4.69, 9.17) is 0 Å². The van der Waals surface area contributed by atoms with Crippen LogP contribution in [0.4, 0.5) is 5.69 Å². The van der Waals surface area contributed by atoms with Crippen LogP contribution < -0.4 is 5.32 Å². The summed E-state index contributed by atoms with van der Waals surface area (Å²) in [6.07, 6.45) is 0. The number of hydrogen-bond donors (Lipinski definition) is 1. The van der Waals surface area contributed by atoms with Gasteiger partial charge >= 0.3 is 0 Å². The number of nitro groups is 1. The van der Waals surface area contributed by atoms with E-state index < -0.39 is 4.92 Å². The third-order valence-electron chi connectivity index (χ3n) is 2.34. The molecule has 1 rings (SSSR count). The van der Waals surface area contributed by atoms with Crippen molar-refractivity contribution in [1.29, 1.82) is 0 Å². The minimum Gasteiger partial charge on any atom is -0.352 e. The summed E-state index contributed by atoms with van der Waals surface area (Å²) in [5.41, 5.74) is 0.848. The molecule has 5 nitrogen and oxygen atoms in total. The van der Waals surface area contributed by atoms with Crippen molar-refractivity contribution in [2.24, 2.45) is 5.92 Å². The van der Waals surface area contributed by atoms with Gasteiger partial charge in [-0.15, -0.1) is 0 Å². The highest BCUT2D eigenvalue weighted by molar-refractivity contribution is 5.94. The average molecular weight is 236 g/mol. The van der Waals surface area contributed by atoms with Crippen LogP contribution >= 0.6 is 0 Å². The first-order chi connectivity index (χ1) is 7.91. The third-order valence-corrected chi connectivity index (χ3v) is 2.34. The Morgan fingerprint density at radius 2 is 2.12 bits per heavy atom. The van der Waals surface area contributed by atoms with Crippen molar-refractivity contribution in [3.63, 3.8) is 0 Å². The van der Waals surface area contributed by atoms with E-state index in [-0.39, 0.29) is 11.6 Å². The number of carbonyl (C=O) groups excluding carboxylic acids is 1. The summed E-state index contributed by atoms with van der Waals surface area (Å²) < 4.78 is 0. The molecule has 0 aromatic heterocycles. The number of nitrogens with one attached hydrogen (secondary N) is 1. The molecule has 5 heteroatoms. The van der Waals surface area contributed by atoms with Gasteiger partial charge in [-0.25, -0.2) is 0 Å². The molecule has 92 valence electrons. The highest BCUT2D eigenvalue weighted by atomic mass is 16.6. The third kappa shape index (κ3) is 3.55. The van der Waals surface area contributed by atoms with Crippen LogP contribution in [0.1, 0.15) is 29.8 Å². The fraction of sp³-hybridized carbons (Fsp3) is 0.417. The molecule has 0 saturated heterocycles. The summed E-state index contributed by atoms with van der Waals surface area (Å²) in [5, 5.41) is 13.5. The van der Waals surface area contributed by atoms with Gasteiger partial charge in [-0.1, -0.05) is 19.9 Å². The highest BCUT2D eigenvalue weighted by Gasteiger charge is 2.14. The molecule has 0 bridgehead atoms. The topological polar surface area (TPSA) is 72.2 Å². The van der Waals surface area contributed by atoms with Crippen LogP contribution in [0.5, 0.6) is 0 Å². The first kappa shape index (κ1) is 13.2. The summed E-state index contributed by atoms with van der Waals surface area (Å²) in [6.45, 7) is 6.17. The van der Waals surface area contributed by atoms with E-state index in [0.29, 0.717) is 23.6 Å². The molecule has 1 aromatic carbocycles. The van der Waals surface area contributed by atoms with Gasteiger partial charge in [0.15, 0.2) is 0 Å². The molecule has 0 atom stereocenters. The molecule has 0 unspecified atom stereocenters. The van der Waals surface area contributed by atoms with Gasteiger partial charge in [0.25, 0.3) is 11.6 Å². The Balaban J connectivity index is 2.88. The lowest BCUT2D eigenvalue weighted by atomic mass is 10.1. The molecule has 17 heavy (non-hydrogen) atoms. The first-order valence-electron chi connectivity index (χ1n) is 5.45. The molecule has 0 saturated carbocycles. The molecule has 1 amide bonds. The van der Waals surface area contributed by atoms with Crippen LogP contribution in [0, 0.1) is 23.0 Å². The standard InChI is InChI=1S/C12H16N2O3/c1-8(2)7-13-12(15)10-5-4-9(3)11(6-10)14(16)17/h4-6,8H,7H2,1-3H3,(H,13,15). The van der Waals surface area contributed by atoms with Gasteiger partial charge in [-0.2, -0.15) is 0 Å². The Morgan fingerprint density at radius 3 is 2.65 bits per heavy atom. The minimum atomic E-state index is -0.478. The van der Waals surface area contributed by atoms with E-state index in [9.17, 15) is 14.9 Å². The zero-order valence-corrected chi connectivity index (χ0v) is 10.2. The molecule has 1 aromatic rings. The molecule has 0 spiro atoms. The molecule has 0 aliphatic carbocycles. The minimum absolute atomic E-state index is 0.0257. The Labute approximate surface area is 100.0 Å². The van der Waals surface area contributed by atoms with Crippen LogP contribution in [0.2, 0.25) is 0 Å². The van der Waals surface area contributed by atoms with Gasteiger partial charge in [0, 0.05) is 23.7 Å². The second-order valence-corrected chi connectivity index (χ2v) is 4.36. The number of rotatable bonds is 4. The fourth-order valence-corrected chi connectivity index (χ4v) is 1.35. The summed E-state index contributed by atoms with van der Waals surface area (Å²) >= 11 is 0. The highest BCUT2D eigenvalue weighted by Crippen LogP contribution is 2.19. The second kappa shape index (κ2) is 5.43. The average Bonchev–Trinajstić information content (AvgIpc) is 2.26. The van der Waals surface area contributed by atoms with Gasteiger partial charge in [-0.3, -0.25) is 14.9 Å². The lowest BCUT2D eigenvalue weighted by molar-refractivity contribution is -0.385. The normalized spacial score (nSPS) is 10.4. The van der Waals surface area contributed by atoms with Crippen molar-refractivity contribution in [3.05, 3.63) is 39.4 Å². The van der Waals surface area contributed by atoms with Gasteiger partial charge < -0.3 is 5.32 Å². The Morgan fingerprint density at radius 1 is 1.47 bits per heavy atom. The van der Waals surface area contributed by atoms with Crippen molar-refractivity contribution in [2.45, 2.75) is 20.8 Å². The summed E-state index contributed by atoms with van der Waals surface area (Å²) in [7, 11) is 0. The second-order valence-electron chi connectivity index (χ2n) is 4.36. The van der Waals surface area contributed by atoms with E-state index in [0.717, 1.165) is 0 Å². The predicted octanol–water partition coefficient (Wildman–Crippen LogP) is 2.29. The van der Waals surface area contributed by atoms with Gasteiger partial charge in [0.2, 0.25) is 0 Å². The molecule has 0 radical (unpaired) electrons. The number of aryl methyl sites for hydroxylation is 1. The van der Waals surface area contributed by atoms with E-state index in [1.54, 1.807) is 19.1 Å². The van der Waals surface area contributed by atoms with Gasteiger partial charge in [0.1, 0.15) is 0 Å².